The second-order valence-corrected chi connectivity index (χ2v) is 6.56. The highest BCUT2D eigenvalue weighted by molar-refractivity contribution is 5.85. The molecule has 1 saturated heterocycles. The summed E-state index contributed by atoms with van der Waals surface area (Å²) in [7, 11) is 1.56. The van der Waals surface area contributed by atoms with Gasteiger partial charge >= 0.3 is 0 Å². The molecule has 1 amide bonds. The van der Waals surface area contributed by atoms with Crippen molar-refractivity contribution < 1.29 is 18.7 Å². The smallest absolute Gasteiger partial charge is 0.240 e. The third kappa shape index (κ3) is 3.86. The van der Waals surface area contributed by atoms with Crippen molar-refractivity contribution in [2.75, 3.05) is 13.7 Å². The van der Waals surface area contributed by atoms with E-state index in [2.05, 4.69) is 5.32 Å². The average molecular weight is 358 g/mol. The fraction of sp³-hybridized carbons (Fsp3) is 0.350. The summed E-state index contributed by atoms with van der Waals surface area (Å²) in [6, 6.07) is 14.1. The zero-order chi connectivity index (χ0) is 18.6. The number of carbonyl (C=O) groups excluding carboxylic acids is 1. The van der Waals surface area contributed by atoms with E-state index < -0.39 is 11.4 Å². The first-order chi connectivity index (χ1) is 12.5. The molecule has 0 spiro atoms. The van der Waals surface area contributed by atoms with Crippen molar-refractivity contribution in [3.05, 3.63) is 65.5 Å². The molecule has 2 aromatic carbocycles. The van der Waals surface area contributed by atoms with E-state index in [1.807, 2.05) is 24.3 Å². The number of hydrogen-bond acceptors (Lipinski definition) is 4. The van der Waals surface area contributed by atoms with Gasteiger partial charge in [0.2, 0.25) is 5.91 Å². The summed E-state index contributed by atoms with van der Waals surface area (Å²) in [5, 5.41) is 3.32. The third-order valence-corrected chi connectivity index (χ3v) is 4.81. The first-order valence-corrected chi connectivity index (χ1v) is 8.57. The fourth-order valence-electron chi connectivity index (χ4n) is 3.32. The number of ether oxygens (including phenoxy) is 2. The average Bonchev–Trinajstić information content (AvgIpc) is 3.07. The van der Waals surface area contributed by atoms with Crippen LogP contribution < -0.4 is 15.8 Å². The first-order valence-electron chi connectivity index (χ1n) is 8.57. The largest absolute Gasteiger partial charge is 0.489 e. The van der Waals surface area contributed by atoms with E-state index in [9.17, 15) is 9.18 Å². The molecule has 1 heterocycles. The number of rotatable bonds is 7. The molecule has 1 aliphatic heterocycles. The van der Waals surface area contributed by atoms with Crippen LogP contribution in [0.3, 0.4) is 0 Å². The topological polar surface area (TPSA) is 73.6 Å². The minimum absolute atomic E-state index is 0.0262. The van der Waals surface area contributed by atoms with Crippen LogP contribution in [0.2, 0.25) is 0 Å². The summed E-state index contributed by atoms with van der Waals surface area (Å²) < 4.78 is 24.4. The number of amides is 1. The van der Waals surface area contributed by atoms with Gasteiger partial charge in [-0.3, -0.25) is 10.1 Å². The molecule has 2 aromatic rings. The van der Waals surface area contributed by atoms with E-state index >= 15 is 0 Å². The maximum Gasteiger partial charge on any atom is 0.240 e. The molecule has 0 aliphatic carbocycles. The summed E-state index contributed by atoms with van der Waals surface area (Å²) in [6.45, 7) is 0.426. The molecule has 1 fully saturated rings. The molecular formula is C20H23FN2O3. The van der Waals surface area contributed by atoms with Crippen molar-refractivity contribution in [2.24, 2.45) is 5.73 Å². The number of hydrogen-bond donors (Lipinski definition) is 2. The maximum absolute atomic E-state index is 13.6. The van der Waals surface area contributed by atoms with Gasteiger partial charge in [-0.2, -0.15) is 0 Å². The SMILES string of the molecule is COC[C@@]1(C(N)=O)CC[C@H](c2ccc(OCc3ccccc3F)cc2)N1. The van der Waals surface area contributed by atoms with Crippen molar-refractivity contribution in [2.45, 2.75) is 31.0 Å². The van der Waals surface area contributed by atoms with Crippen LogP contribution in [0, 0.1) is 5.82 Å². The second-order valence-electron chi connectivity index (χ2n) is 6.56. The van der Waals surface area contributed by atoms with Crippen molar-refractivity contribution in [3.63, 3.8) is 0 Å². The molecule has 3 rings (SSSR count). The highest BCUT2D eigenvalue weighted by Gasteiger charge is 2.43. The highest BCUT2D eigenvalue weighted by Crippen LogP contribution is 2.33. The molecule has 0 radical (unpaired) electrons. The molecule has 0 saturated carbocycles. The number of halogens is 1. The molecule has 0 bridgehead atoms. The van der Waals surface area contributed by atoms with Gasteiger partial charge < -0.3 is 15.2 Å². The normalized spacial score (nSPS) is 22.3. The van der Waals surface area contributed by atoms with Gasteiger partial charge in [0, 0.05) is 18.7 Å². The highest BCUT2D eigenvalue weighted by atomic mass is 19.1. The van der Waals surface area contributed by atoms with Crippen molar-refractivity contribution >= 4 is 5.91 Å². The van der Waals surface area contributed by atoms with E-state index in [0.717, 1.165) is 12.0 Å². The van der Waals surface area contributed by atoms with E-state index in [1.165, 1.54) is 6.07 Å². The van der Waals surface area contributed by atoms with Gasteiger partial charge in [-0.1, -0.05) is 30.3 Å². The van der Waals surface area contributed by atoms with Gasteiger partial charge in [-0.25, -0.2) is 4.39 Å². The Balaban J connectivity index is 1.63. The van der Waals surface area contributed by atoms with Crippen molar-refractivity contribution in [3.8, 4) is 5.75 Å². The summed E-state index contributed by atoms with van der Waals surface area (Å²) >= 11 is 0. The van der Waals surface area contributed by atoms with Crippen molar-refractivity contribution in [1.82, 2.24) is 5.32 Å². The Labute approximate surface area is 152 Å². The lowest BCUT2D eigenvalue weighted by Gasteiger charge is -2.26. The van der Waals surface area contributed by atoms with E-state index in [1.54, 1.807) is 25.3 Å². The van der Waals surface area contributed by atoms with Gasteiger partial charge in [-0.05, 0) is 36.6 Å². The fourth-order valence-corrected chi connectivity index (χ4v) is 3.32. The Morgan fingerprint density at radius 3 is 2.65 bits per heavy atom. The van der Waals surface area contributed by atoms with Gasteiger partial charge in [0.25, 0.3) is 0 Å². The number of nitrogens with two attached hydrogens (primary N) is 1. The van der Waals surface area contributed by atoms with E-state index in [0.29, 0.717) is 17.7 Å². The van der Waals surface area contributed by atoms with Crippen LogP contribution in [0.25, 0.3) is 0 Å². The van der Waals surface area contributed by atoms with Crippen LogP contribution in [0.15, 0.2) is 48.5 Å². The first kappa shape index (κ1) is 18.4. The van der Waals surface area contributed by atoms with Gasteiger partial charge in [-0.15, -0.1) is 0 Å². The quantitative estimate of drug-likeness (QED) is 0.798. The second kappa shape index (κ2) is 7.85. The molecule has 5 nitrogen and oxygen atoms in total. The maximum atomic E-state index is 13.6. The lowest BCUT2D eigenvalue weighted by molar-refractivity contribution is -0.126. The van der Waals surface area contributed by atoms with Crippen LogP contribution >= 0.6 is 0 Å². The standard InChI is InChI=1S/C20H23FN2O3/c1-25-13-20(19(22)24)11-10-18(23-20)14-6-8-16(9-7-14)26-12-15-4-2-3-5-17(15)21/h2-9,18,23H,10-13H2,1H3,(H2,22,24)/t18-,20-/m1/s1. The van der Waals surface area contributed by atoms with E-state index in [4.69, 9.17) is 15.2 Å². The predicted octanol–water partition coefficient (Wildman–Crippen LogP) is 2.70. The molecule has 3 N–H and O–H groups in total. The zero-order valence-electron chi connectivity index (χ0n) is 14.7. The summed E-state index contributed by atoms with van der Waals surface area (Å²) in [5.74, 6) is -0.0139. The molecule has 0 unspecified atom stereocenters. The van der Waals surface area contributed by atoms with Crippen LogP contribution in [-0.2, 0) is 16.1 Å². The molecule has 1 aliphatic rings. The molecule has 138 valence electrons. The summed E-state index contributed by atoms with van der Waals surface area (Å²) in [6.07, 6.45) is 1.42. The van der Waals surface area contributed by atoms with Crippen LogP contribution in [0.1, 0.15) is 30.0 Å². The lowest BCUT2D eigenvalue weighted by atomic mass is 9.98. The molecule has 6 heteroatoms. The molecule has 26 heavy (non-hydrogen) atoms. The summed E-state index contributed by atoms with van der Waals surface area (Å²) in [5.41, 5.74) is 6.30. The summed E-state index contributed by atoms with van der Waals surface area (Å²) in [4.78, 5) is 11.8. The molecule has 2 atom stereocenters. The number of primary amides is 1. The predicted molar refractivity (Wildman–Crippen MR) is 96.1 cm³/mol. The Morgan fingerprint density at radius 2 is 2.00 bits per heavy atom. The number of benzene rings is 2. The minimum Gasteiger partial charge on any atom is -0.489 e. The number of carbonyl (C=O) groups is 1. The molecule has 0 aromatic heterocycles. The van der Waals surface area contributed by atoms with Crippen LogP contribution in [0.5, 0.6) is 5.75 Å². The monoisotopic (exact) mass is 358 g/mol. The van der Waals surface area contributed by atoms with Gasteiger partial charge in [0.05, 0.1) is 6.61 Å². The Bertz CT molecular complexity index is 766. The lowest BCUT2D eigenvalue weighted by Crippen LogP contribution is -2.55. The van der Waals surface area contributed by atoms with Crippen LogP contribution in [-0.4, -0.2) is 25.2 Å². The Hall–Kier alpha value is -2.44. The van der Waals surface area contributed by atoms with Crippen LogP contribution in [0.4, 0.5) is 4.39 Å². The Morgan fingerprint density at radius 1 is 1.27 bits per heavy atom. The van der Waals surface area contributed by atoms with Gasteiger partial charge in [0.15, 0.2) is 0 Å². The van der Waals surface area contributed by atoms with Crippen molar-refractivity contribution in [1.29, 1.82) is 0 Å². The third-order valence-electron chi connectivity index (χ3n) is 4.81. The zero-order valence-corrected chi connectivity index (χ0v) is 14.7. The molecular weight excluding hydrogens is 335 g/mol. The van der Waals surface area contributed by atoms with Gasteiger partial charge in [0.1, 0.15) is 23.7 Å². The minimum atomic E-state index is -0.820. The van der Waals surface area contributed by atoms with E-state index in [-0.39, 0.29) is 25.1 Å². The number of methoxy groups -OCH3 is 1. The Kier molecular flexibility index (Phi) is 5.54. The number of nitrogens with one attached hydrogen (secondary N) is 1.